The molecule has 0 spiro atoms. The minimum absolute atomic E-state index is 0.0199. The van der Waals surface area contributed by atoms with Gasteiger partial charge in [0.25, 0.3) is 0 Å². The summed E-state index contributed by atoms with van der Waals surface area (Å²) >= 11 is 0. The van der Waals surface area contributed by atoms with Gasteiger partial charge in [-0.15, -0.1) is 0 Å². The highest BCUT2D eigenvalue weighted by Gasteiger charge is 2.34. The molecule has 102 valence electrons. The number of anilines is 1. The smallest absolute Gasteiger partial charge is 0.305 e. The predicted octanol–water partition coefficient (Wildman–Crippen LogP) is 2.47. The van der Waals surface area contributed by atoms with Crippen LogP contribution in [0.3, 0.4) is 0 Å². The topological polar surface area (TPSA) is 57.6 Å². The van der Waals surface area contributed by atoms with Gasteiger partial charge in [0.2, 0.25) is 5.91 Å². The van der Waals surface area contributed by atoms with Crippen LogP contribution in [0.25, 0.3) is 0 Å². The van der Waals surface area contributed by atoms with Gasteiger partial charge in [-0.05, 0) is 37.0 Å². The van der Waals surface area contributed by atoms with E-state index >= 15 is 0 Å². The first-order chi connectivity index (χ1) is 9.11. The Bertz CT molecular complexity index is 463. The number of aliphatic carboxylic acids is 1. The summed E-state index contributed by atoms with van der Waals surface area (Å²) in [5, 5.41) is 8.79. The molecule has 1 amide bonds. The summed E-state index contributed by atoms with van der Waals surface area (Å²) in [5.41, 5.74) is 2.01. The summed E-state index contributed by atoms with van der Waals surface area (Å²) in [6.07, 6.45) is 2.78. The Kier molecular flexibility index (Phi) is 4.20. The Morgan fingerprint density at radius 3 is 2.37 bits per heavy atom. The maximum Gasteiger partial charge on any atom is 0.305 e. The van der Waals surface area contributed by atoms with Gasteiger partial charge in [0, 0.05) is 18.2 Å². The number of benzene rings is 1. The zero-order valence-electron chi connectivity index (χ0n) is 11.1. The summed E-state index contributed by atoms with van der Waals surface area (Å²) in [4.78, 5) is 24.5. The fourth-order valence-corrected chi connectivity index (χ4v) is 2.04. The summed E-state index contributed by atoms with van der Waals surface area (Å²) in [6, 6.07) is 7.79. The molecule has 0 heterocycles. The molecule has 1 saturated carbocycles. The van der Waals surface area contributed by atoms with Crippen LogP contribution in [0.1, 0.15) is 31.7 Å². The zero-order valence-corrected chi connectivity index (χ0v) is 11.1. The van der Waals surface area contributed by atoms with E-state index in [1.807, 2.05) is 24.3 Å². The average molecular weight is 261 g/mol. The number of aryl methyl sites for hydroxylation is 1. The van der Waals surface area contributed by atoms with Crippen molar-refractivity contribution in [2.75, 3.05) is 11.4 Å². The molecule has 0 aliphatic heterocycles. The second-order valence-corrected chi connectivity index (χ2v) is 4.93. The Morgan fingerprint density at radius 1 is 1.26 bits per heavy atom. The lowest BCUT2D eigenvalue weighted by molar-refractivity contribution is -0.136. The van der Waals surface area contributed by atoms with Crippen LogP contribution in [0.4, 0.5) is 5.69 Å². The number of carbonyl (C=O) groups is 2. The first-order valence-corrected chi connectivity index (χ1v) is 6.74. The van der Waals surface area contributed by atoms with E-state index in [1.54, 1.807) is 4.90 Å². The van der Waals surface area contributed by atoms with Crippen LogP contribution in [-0.4, -0.2) is 23.5 Å². The van der Waals surface area contributed by atoms with Gasteiger partial charge in [-0.25, -0.2) is 0 Å². The lowest BCUT2D eigenvalue weighted by Crippen LogP contribution is -2.34. The highest BCUT2D eigenvalue weighted by atomic mass is 16.4. The van der Waals surface area contributed by atoms with Gasteiger partial charge in [-0.1, -0.05) is 19.1 Å². The van der Waals surface area contributed by atoms with E-state index in [1.165, 1.54) is 5.56 Å². The molecule has 1 aliphatic rings. The van der Waals surface area contributed by atoms with Crippen LogP contribution >= 0.6 is 0 Å². The van der Waals surface area contributed by atoms with E-state index in [4.69, 9.17) is 5.11 Å². The molecule has 1 aromatic carbocycles. The van der Waals surface area contributed by atoms with Crippen LogP contribution in [0.5, 0.6) is 0 Å². The van der Waals surface area contributed by atoms with Gasteiger partial charge in [0.05, 0.1) is 6.42 Å². The van der Waals surface area contributed by atoms with E-state index in [0.29, 0.717) is 0 Å². The number of nitrogens with zero attached hydrogens (tertiary/aromatic N) is 1. The molecule has 4 nitrogen and oxygen atoms in total. The van der Waals surface area contributed by atoms with E-state index < -0.39 is 5.97 Å². The van der Waals surface area contributed by atoms with Crippen molar-refractivity contribution in [3.63, 3.8) is 0 Å². The van der Waals surface area contributed by atoms with Gasteiger partial charge in [-0.2, -0.15) is 0 Å². The van der Waals surface area contributed by atoms with Crippen molar-refractivity contribution in [2.24, 2.45) is 5.92 Å². The molecule has 0 bridgehead atoms. The van der Waals surface area contributed by atoms with Crippen molar-refractivity contribution in [2.45, 2.75) is 32.6 Å². The molecule has 0 unspecified atom stereocenters. The summed E-state index contributed by atoms with van der Waals surface area (Å²) in [7, 11) is 0. The number of carbonyl (C=O) groups excluding carboxylic acids is 1. The normalized spacial score (nSPS) is 14.2. The van der Waals surface area contributed by atoms with E-state index in [2.05, 4.69) is 6.92 Å². The van der Waals surface area contributed by atoms with Crippen LogP contribution in [-0.2, 0) is 16.0 Å². The quantitative estimate of drug-likeness (QED) is 0.855. The second kappa shape index (κ2) is 5.87. The molecule has 4 heteroatoms. The number of hydrogen-bond donors (Lipinski definition) is 1. The summed E-state index contributed by atoms with van der Waals surface area (Å²) < 4.78 is 0. The highest BCUT2D eigenvalue weighted by molar-refractivity contribution is 5.96. The molecule has 1 N–H and O–H groups in total. The molecule has 1 aliphatic carbocycles. The third-order valence-electron chi connectivity index (χ3n) is 3.40. The summed E-state index contributed by atoms with van der Waals surface area (Å²) in [6.45, 7) is 2.32. The van der Waals surface area contributed by atoms with Crippen LogP contribution in [0.2, 0.25) is 0 Å². The van der Waals surface area contributed by atoms with Gasteiger partial charge in [0.15, 0.2) is 0 Å². The largest absolute Gasteiger partial charge is 0.481 e. The van der Waals surface area contributed by atoms with Gasteiger partial charge < -0.3 is 10.0 Å². The molecule has 0 radical (unpaired) electrons. The van der Waals surface area contributed by atoms with Crippen molar-refractivity contribution < 1.29 is 14.7 Å². The van der Waals surface area contributed by atoms with E-state index in [9.17, 15) is 9.59 Å². The maximum atomic E-state index is 12.2. The molecular weight excluding hydrogens is 242 g/mol. The maximum absolute atomic E-state index is 12.2. The van der Waals surface area contributed by atoms with Crippen LogP contribution in [0, 0.1) is 5.92 Å². The lowest BCUT2D eigenvalue weighted by atomic mass is 10.1. The molecule has 0 saturated heterocycles. The fourth-order valence-electron chi connectivity index (χ4n) is 2.04. The average Bonchev–Trinajstić information content (AvgIpc) is 3.23. The number of carboxylic acids is 1. The number of hydrogen-bond acceptors (Lipinski definition) is 2. The van der Waals surface area contributed by atoms with Crippen LogP contribution in [0.15, 0.2) is 24.3 Å². The molecule has 2 rings (SSSR count). The van der Waals surface area contributed by atoms with Gasteiger partial charge in [0.1, 0.15) is 0 Å². The minimum atomic E-state index is -0.876. The Morgan fingerprint density at radius 2 is 1.89 bits per heavy atom. The van der Waals surface area contributed by atoms with Crippen molar-refractivity contribution >= 4 is 17.6 Å². The van der Waals surface area contributed by atoms with Crippen LogP contribution < -0.4 is 4.90 Å². The van der Waals surface area contributed by atoms with Gasteiger partial charge >= 0.3 is 5.97 Å². The van der Waals surface area contributed by atoms with Crippen molar-refractivity contribution in [3.05, 3.63) is 29.8 Å². The van der Waals surface area contributed by atoms with Crippen molar-refractivity contribution in [1.82, 2.24) is 0 Å². The Labute approximate surface area is 113 Å². The number of rotatable bonds is 6. The monoisotopic (exact) mass is 261 g/mol. The molecule has 0 atom stereocenters. The summed E-state index contributed by atoms with van der Waals surface area (Å²) in [5.74, 6) is -0.719. The third-order valence-corrected chi connectivity index (χ3v) is 3.40. The first kappa shape index (κ1) is 13.6. The van der Waals surface area contributed by atoms with Crippen molar-refractivity contribution in [3.8, 4) is 0 Å². The second-order valence-electron chi connectivity index (χ2n) is 4.93. The van der Waals surface area contributed by atoms with Gasteiger partial charge in [-0.3, -0.25) is 9.59 Å². The molecule has 0 aromatic heterocycles. The molecule has 1 aromatic rings. The third kappa shape index (κ3) is 3.56. The zero-order chi connectivity index (χ0) is 13.8. The Balaban J connectivity index is 2.14. The number of carboxylic acid groups (broad SMARTS) is 1. The van der Waals surface area contributed by atoms with E-state index in [0.717, 1.165) is 24.9 Å². The minimum Gasteiger partial charge on any atom is -0.481 e. The highest BCUT2D eigenvalue weighted by Crippen LogP contribution is 2.33. The SMILES string of the molecule is CCc1ccc(N(CCC(=O)O)C(=O)C2CC2)cc1. The van der Waals surface area contributed by atoms with E-state index in [-0.39, 0.29) is 24.8 Å². The molecular formula is C15H19NO3. The predicted molar refractivity (Wildman–Crippen MR) is 73.1 cm³/mol. The fraction of sp³-hybridized carbons (Fsp3) is 0.467. The molecule has 19 heavy (non-hydrogen) atoms. The lowest BCUT2D eigenvalue weighted by Gasteiger charge is -2.22. The Hall–Kier alpha value is -1.84. The molecule has 1 fully saturated rings. The first-order valence-electron chi connectivity index (χ1n) is 6.74. The number of amides is 1. The standard InChI is InChI=1S/C15H19NO3/c1-2-11-3-7-13(8-4-11)16(10-9-14(17)18)15(19)12-5-6-12/h3-4,7-8,12H,2,5-6,9-10H2,1H3,(H,17,18). The van der Waals surface area contributed by atoms with Crippen molar-refractivity contribution in [1.29, 1.82) is 0 Å².